The van der Waals surface area contributed by atoms with E-state index in [0.29, 0.717) is 11.1 Å². The minimum atomic E-state index is -0.0438. The van der Waals surface area contributed by atoms with Crippen molar-refractivity contribution < 1.29 is 14.0 Å². The summed E-state index contributed by atoms with van der Waals surface area (Å²) in [5, 5.41) is 1.90. The van der Waals surface area contributed by atoms with E-state index in [1.807, 2.05) is 74.1 Å². The third-order valence-electron chi connectivity index (χ3n) is 5.58. The zero-order valence-corrected chi connectivity index (χ0v) is 18.4. The quantitative estimate of drug-likeness (QED) is 0.216. The number of ketones is 1. The highest BCUT2D eigenvalue weighted by Crippen LogP contribution is 2.42. The second-order valence-electron chi connectivity index (χ2n) is 8.10. The molecule has 0 spiro atoms. The van der Waals surface area contributed by atoms with Gasteiger partial charge in [-0.15, -0.1) is 0 Å². The average Bonchev–Trinajstić information content (AvgIpc) is 2.75. The van der Waals surface area contributed by atoms with Crippen LogP contribution in [0.3, 0.4) is 0 Å². The third-order valence-corrected chi connectivity index (χ3v) is 5.58. The highest BCUT2D eigenvalue weighted by atomic mass is 16.3. The van der Waals surface area contributed by atoms with Crippen molar-refractivity contribution in [3.63, 3.8) is 0 Å². The Bertz CT molecular complexity index is 1380. The van der Waals surface area contributed by atoms with Crippen LogP contribution in [0.4, 0.5) is 5.69 Å². The molecule has 2 aliphatic rings. The smallest absolute Gasteiger partial charge is 0.203 e. The first kappa shape index (κ1) is 20.5. The summed E-state index contributed by atoms with van der Waals surface area (Å²) in [5.74, 6) is 0.674. The normalized spacial score (nSPS) is 11.0. The van der Waals surface area contributed by atoms with Gasteiger partial charge in [0.2, 0.25) is 5.36 Å². The molecule has 5 nitrogen and oxygen atoms in total. The lowest BCUT2D eigenvalue weighted by atomic mass is 9.89. The van der Waals surface area contributed by atoms with Crippen LogP contribution in [0.2, 0.25) is 0 Å². The van der Waals surface area contributed by atoms with Crippen molar-refractivity contribution in [1.29, 1.82) is 0 Å². The van der Waals surface area contributed by atoms with Crippen molar-refractivity contribution in [3.05, 3.63) is 71.1 Å². The van der Waals surface area contributed by atoms with Gasteiger partial charge in [-0.1, -0.05) is 12.1 Å². The average molecular weight is 413 g/mol. The van der Waals surface area contributed by atoms with Gasteiger partial charge < -0.3 is 9.32 Å². The zero-order valence-electron chi connectivity index (χ0n) is 18.4. The maximum Gasteiger partial charge on any atom is 0.203 e. The second-order valence-corrected chi connectivity index (χ2v) is 8.10. The van der Waals surface area contributed by atoms with Crippen LogP contribution in [0.1, 0.15) is 27.6 Å². The van der Waals surface area contributed by atoms with Crippen molar-refractivity contribution in [2.45, 2.75) is 6.92 Å². The SMILES string of the molecule is CC(=O)c1ccc(C=O)c(-c2c3ccc(=[N+](C)C)cc-3oc3cc(N(C)C)ccc23)c1. The van der Waals surface area contributed by atoms with Crippen LogP contribution < -0.4 is 14.8 Å². The Balaban J connectivity index is 2.19. The number of fused-ring (bicyclic) bond motifs is 2. The van der Waals surface area contributed by atoms with Gasteiger partial charge in [0.05, 0.1) is 6.07 Å². The minimum Gasteiger partial charge on any atom is -0.456 e. The van der Waals surface area contributed by atoms with E-state index >= 15 is 0 Å². The fourth-order valence-electron chi connectivity index (χ4n) is 3.81. The van der Waals surface area contributed by atoms with Crippen LogP contribution in [0.15, 0.2) is 59.0 Å². The molecule has 0 aromatic heterocycles. The lowest BCUT2D eigenvalue weighted by molar-refractivity contribution is 0.101. The lowest BCUT2D eigenvalue weighted by Crippen LogP contribution is -2.21. The zero-order chi connectivity index (χ0) is 22.3. The first-order chi connectivity index (χ1) is 14.8. The Hall–Kier alpha value is -3.73. The number of carbonyl (C=O) groups excluding carboxylic acids is 2. The molecule has 2 aromatic rings. The Morgan fingerprint density at radius 1 is 0.968 bits per heavy atom. The summed E-state index contributed by atoms with van der Waals surface area (Å²) in [6.07, 6.45) is 0.837. The fraction of sp³-hybridized carbons (Fsp3) is 0.192. The number of hydrogen-bond donors (Lipinski definition) is 0. The number of rotatable bonds is 4. The van der Waals surface area contributed by atoms with E-state index in [4.69, 9.17) is 4.42 Å². The fourth-order valence-corrected chi connectivity index (χ4v) is 3.81. The monoisotopic (exact) mass is 413 g/mol. The number of anilines is 1. The number of aldehydes is 1. The molecule has 0 N–H and O–H groups in total. The van der Waals surface area contributed by atoms with Crippen LogP contribution in [0.25, 0.3) is 33.4 Å². The topological polar surface area (TPSA) is 53.5 Å². The number of benzene rings is 3. The third kappa shape index (κ3) is 3.63. The van der Waals surface area contributed by atoms with Gasteiger partial charge in [0, 0.05) is 59.6 Å². The maximum absolute atomic E-state index is 12.1. The summed E-state index contributed by atoms with van der Waals surface area (Å²) in [6.45, 7) is 1.53. The van der Waals surface area contributed by atoms with Gasteiger partial charge in [-0.2, -0.15) is 0 Å². The predicted octanol–water partition coefficient (Wildman–Crippen LogP) is 4.32. The van der Waals surface area contributed by atoms with E-state index in [2.05, 4.69) is 0 Å². The molecule has 1 aliphatic carbocycles. The van der Waals surface area contributed by atoms with Gasteiger partial charge in [-0.3, -0.25) is 9.59 Å². The molecule has 0 amide bonds. The first-order valence-corrected chi connectivity index (χ1v) is 10.1. The summed E-state index contributed by atoms with van der Waals surface area (Å²) in [5.41, 5.74) is 5.33. The lowest BCUT2D eigenvalue weighted by Gasteiger charge is -2.19. The van der Waals surface area contributed by atoms with Crippen LogP contribution >= 0.6 is 0 Å². The number of nitrogens with zero attached hydrogens (tertiary/aromatic N) is 2. The van der Waals surface area contributed by atoms with Gasteiger partial charge in [-0.05, 0) is 36.8 Å². The van der Waals surface area contributed by atoms with Crippen molar-refractivity contribution in [3.8, 4) is 22.5 Å². The molecule has 1 heterocycles. The van der Waals surface area contributed by atoms with Crippen molar-refractivity contribution in [1.82, 2.24) is 4.58 Å². The number of Topliss-reactive ketones (excluding diaryl/α,β-unsaturated/α-hetero) is 1. The summed E-state index contributed by atoms with van der Waals surface area (Å²) >= 11 is 0. The van der Waals surface area contributed by atoms with Crippen molar-refractivity contribution in [2.24, 2.45) is 0 Å². The summed E-state index contributed by atoms with van der Waals surface area (Å²) < 4.78 is 8.35. The molecule has 0 bridgehead atoms. The molecule has 0 radical (unpaired) electrons. The highest BCUT2D eigenvalue weighted by molar-refractivity contribution is 6.07. The van der Waals surface area contributed by atoms with E-state index in [-0.39, 0.29) is 5.78 Å². The molecule has 0 saturated heterocycles. The number of carbonyl (C=O) groups is 2. The molecule has 156 valence electrons. The van der Waals surface area contributed by atoms with Crippen LogP contribution in [-0.2, 0) is 0 Å². The predicted molar refractivity (Wildman–Crippen MR) is 125 cm³/mol. The largest absolute Gasteiger partial charge is 0.456 e. The van der Waals surface area contributed by atoms with E-state index < -0.39 is 0 Å². The Morgan fingerprint density at radius 2 is 1.74 bits per heavy atom. The van der Waals surface area contributed by atoms with Gasteiger partial charge >= 0.3 is 0 Å². The Morgan fingerprint density at radius 3 is 2.39 bits per heavy atom. The van der Waals surface area contributed by atoms with Crippen molar-refractivity contribution >= 4 is 28.7 Å². The summed E-state index contributed by atoms with van der Waals surface area (Å²) in [6, 6.07) is 17.3. The van der Waals surface area contributed by atoms with Gasteiger partial charge in [0.15, 0.2) is 12.1 Å². The second kappa shape index (κ2) is 7.84. The Labute approximate surface area is 181 Å². The van der Waals surface area contributed by atoms with E-state index in [9.17, 15) is 9.59 Å². The molecule has 4 rings (SSSR count). The van der Waals surface area contributed by atoms with Crippen LogP contribution in [0, 0.1) is 0 Å². The van der Waals surface area contributed by atoms with Gasteiger partial charge in [0.1, 0.15) is 25.4 Å². The molecule has 0 saturated carbocycles. The first-order valence-electron chi connectivity index (χ1n) is 10.1. The molecule has 0 unspecified atom stereocenters. The molecule has 0 atom stereocenters. The van der Waals surface area contributed by atoms with Crippen LogP contribution in [-0.4, -0.2) is 40.3 Å². The molecule has 2 aromatic carbocycles. The maximum atomic E-state index is 12.1. The molecule has 31 heavy (non-hydrogen) atoms. The molecule has 0 fully saturated rings. The molecular formula is C26H25N2O3+. The van der Waals surface area contributed by atoms with E-state index in [1.165, 1.54) is 6.92 Å². The Kier molecular flexibility index (Phi) is 5.19. The minimum absolute atomic E-state index is 0.0438. The summed E-state index contributed by atoms with van der Waals surface area (Å²) in [7, 11) is 7.92. The molecule has 5 heteroatoms. The van der Waals surface area contributed by atoms with Crippen molar-refractivity contribution in [2.75, 3.05) is 33.1 Å². The van der Waals surface area contributed by atoms with E-state index in [0.717, 1.165) is 50.8 Å². The molecular weight excluding hydrogens is 388 g/mol. The number of hydrogen-bond acceptors (Lipinski definition) is 4. The summed E-state index contributed by atoms with van der Waals surface area (Å²) in [4.78, 5) is 26.0. The highest BCUT2D eigenvalue weighted by Gasteiger charge is 2.21. The van der Waals surface area contributed by atoms with Gasteiger partial charge in [-0.25, -0.2) is 4.58 Å². The van der Waals surface area contributed by atoms with E-state index in [1.54, 1.807) is 18.2 Å². The molecule has 1 aliphatic heterocycles. The van der Waals surface area contributed by atoms with Gasteiger partial charge in [0.25, 0.3) is 0 Å². The van der Waals surface area contributed by atoms with Crippen LogP contribution in [0.5, 0.6) is 0 Å². The standard InChI is InChI=1S/C26H25N2O3/c1-16(30)17-6-7-18(15-29)23(12-17)26-21-10-8-19(27(2)3)13-24(21)31-25-14-20(28(4)5)9-11-22(25)26/h6-15H,1-5H3/q+1.